The fraction of sp³-hybridized carbons (Fsp3) is 0.385. The Balaban J connectivity index is 2.27. The van der Waals surface area contributed by atoms with Gasteiger partial charge in [-0.25, -0.2) is 0 Å². The molecule has 96 valence electrons. The predicted octanol–water partition coefficient (Wildman–Crippen LogP) is 3.50. The normalized spacial score (nSPS) is 19.4. The van der Waals surface area contributed by atoms with Gasteiger partial charge in [-0.1, -0.05) is 31.0 Å². The van der Waals surface area contributed by atoms with Crippen molar-refractivity contribution in [1.29, 1.82) is 0 Å². The molecule has 2 amide bonds. The maximum atomic E-state index is 12.3. The molecule has 0 saturated carbocycles. The molecule has 1 aromatic rings. The van der Waals surface area contributed by atoms with Crippen LogP contribution in [0.15, 0.2) is 22.7 Å². The van der Waals surface area contributed by atoms with Crippen molar-refractivity contribution in [2.75, 3.05) is 6.54 Å². The molecule has 1 aromatic carbocycles. The number of halogens is 2. The van der Waals surface area contributed by atoms with Crippen LogP contribution in [0.3, 0.4) is 0 Å². The molecular formula is C13H13BrClNO2. The second-order valence-corrected chi connectivity index (χ2v) is 5.62. The number of carbonyl (C=O) groups is 2. The van der Waals surface area contributed by atoms with Crippen LogP contribution in [0.1, 0.15) is 30.1 Å². The zero-order valence-corrected chi connectivity index (χ0v) is 12.3. The molecule has 0 bridgehead atoms. The quantitative estimate of drug-likeness (QED) is 0.778. The van der Waals surface area contributed by atoms with Crippen LogP contribution in [0.2, 0.25) is 5.02 Å². The van der Waals surface area contributed by atoms with Crippen LogP contribution >= 0.6 is 27.5 Å². The smallest absolute Gasteiger partial charge is 0.262 e. The van der Waals surface area contributed by atoms with Gasteiger partial charge in [0.2, 0.25) is 5.91 Å². The van der Waals surface area contributed by atoms with E-state index in [1.165, 1.54) is 4.90 Å². The Labute approximate surface area is 119 Å². The van der Waals surface area contributed by atoms with E-state index in [1.54, 1.807) is 18.2 Å². The van der Waals surface area contributed by atoms with Crippen LogP contribution in [-0.2, 0) is 4.79 Å². The molecule has 0 spiro atoms. The molecule has 1 unspecified atom stereocenters. The van der Waals surface area contributed by atoms with Gasteiger partial charge in [-0.3, -0.25) is 14.5 Å². The number of benzene rings is 1. The summed E-state index contributed by atoms with van der Waals surface area (Å²) in [6.07, 6.45) is 1.36. The second-order valence-electron chi connectivity index (χ2n) is 4.39. The number of rotatable bonds is 2. The molecule has 0 radical (unpaired) electrons. The lowest BCUT2D eigenvalue weighted by molar-refractivity contribution is -0.125. The van der Waals surface area contributed by atoms with E-state index >= 15 is 0 Å². The molecule has 1 aliphatic rings. The van der Waals surface area contributed by atoms with Crippen LogP contribution in [0.25, 0.3) is 0 Å². The number of hydrogen-bond acceptors (Lipinski definition) is 2. The Morgan fingerprint density at radius 2 is 2.28 bits per heavy atom. The molecule has 3 nitrogen and oxygen atoms in total. The molecule has 1 aliphatic heterocycles. The van der Waals surface area contributed by atoms with Crippen molar-refractivity contribution in [3.05, 3.63) is 33.3 Å². The highest BCUT2D eigenvalue weighted by Crippen LogP contribution is 2.29. The molecule has 1 heterocycles. The van der Waals surface area contributed by atoms with Gasteiger partial charge in [-0.2, -0.15) is 0 Å². The van der Waals surface area contributed by atoms with Gasteiger partial charge < -0.3 is 0 Å². The fourth-order valence-corrected chi connectivity index (χ4v) is 2.64. The van der Waals surface area contributed by atoms with Gasteiger partial charge >= 0.3 is 0 Å². The first-order valence-electron chi connectivity index (χ1n) is 5.83. The van der Waals surface area contributed by atoms with Crippen LogP contribution in [-0.4, -0.2) is 23.3 Å². The van der Waals surface area contributed by atoms with Crippen molar-refractivity contribution in [3.63, 3.8) is 0 Å². The van der Waals surface area contributed by atoms with Crippen LogP contribution in [0.5, 0.6) is 0 Å². The highest BCUT2D eigenvalue weighted by atomic mass is 79.9. The van der Waals surface area contributed by atoms with Crippen molar-refractivity contribution in [2.45, 2.75) is 19.8 Å². The van der Waals surface area contributed by atoms with Crippen LogP contribution < -0.4 is 0 Å². The highest BCUT2D eigenvalue weighted by Gasteiger charge is 2.34. The Morgan fingerprint density at radius 3 is 2.89 bits per heavy atom. The first-order chi connectivity index (χ1) is 8.54. The van der Waals surface area contributed by atoms with Gasteiger partial charge in [0.25, 0.3) is 5.91 Å². The SMILES string of the molecule is CCC1CC(=O)N(C(=O)c2cccc(Br)c2Cl)C1. The van der Waals surface area contributed by atoms with Crippen molar-refractivity contribution in [1.82, 2.24) is 4.90 Å². The monoisotopic (exact) mass is 329 g/mol. The Hall–Kier alpha value is -0.870. The van der Waals surface area contributed by atoms with E-state index in [0.29, 0.717) is 28.0 Å². The minimum Gasteiger partial charge on any atom is -0.278 e. The fourth-order valence-electron chi connectivity index (χ4n) is 2.07. The van der Waals surface area contributed by atoms with Gasteiger partial charge in [0, 0.05) is 17.4 Å². The molecule has 0 aliphatic carbocycles. The summed E-state index contributed by atoms with van der Waals surface area (Å²) < 4.78 is 0.661. The summed E-state index contributed by atoms with van der Waals surface area (Å²) in [7, 11) is 0. The molecule has 0 N–H and O–H groups in total. The topological polar surface area (TPSA) is 37.4 Å². The first-order valence-corrected chi connectivity index (χ1v) is 7.00. The van der Waals surface area contributed by atoms with Gasteiger partial charge in [-0.15, -0.1) is 0 Å². The summed E-state index contributed by atoms with van der Waals surface area (Å²) in [5.41, 5.74) is 0.371. The summed E-state index contributed by atoms with van der Waals surface area (Å²) in [4.78, 5) is 25.4. The predicted molar refractivity (Wildman–Crippen MR) is 73.6 cm³/mol. The maximum absolute atomic E-state index is 12.3. The average molecular weight is 331 g/mol. The van der Waals surface area contributed by atoms with Crippen LogP contribution in [0.4, 0.5) is 0 Å². The number of nitrogens with zero attached hydrogens (tertiary/aromatic N) is 1. The summed E-state index contributed by atoms with van der Waals surface area (Å²) in [5, 5.41) is 0.357. The van der Waals surface area contributed by atoms with Crippen molar-refractivity contribution >= 4 is 39.3 Å². The lowest BCUT2D eigenvalue weighted by Crippen LogP contribution is -2.32. The van der Waals surface area contributed by atoms with Gasteiger partial charge in [0.1, 0.15) is 0 Å². The van der Waals surface area contributed by atoms with E-state index in [1.807, 2.05) is 6.92 Å². The van der Waals surface area contributed by atoms with Crippen molar-refractivity contribution < 1.29 is 9.59 Å². The van der Waals surface area contributed by atoms with Crippen LogP contribution in [0, 0.1) is 5.92 Å². The summed E-state index contributed by atoms with van der Waals surface area (Å²) in [6.45, 7) is 2.52. The van der Waals surface area contributed by atoms with Crippen molar-refractivity contribution in [2.24, 2.45) is 5.92 Å². The third-order valence-electron chi connectivity index (χ3n) is 3.21. The molecule has 5 heteroatoms. The molecule has 18 heavy (non-hydrogen) atoms. The minimum absolute atomic E-state index is 0.108. The average Bonchev–Trinajstić information content (AvgIpc) is 2.73. The summed E-state index contributed by atoms with van der Waals surface area (Å²) in [6, 6.07) is 5.14. The minimum atomic E-state index is -0.303. The Bertz CT molecular complexity index is 504. The molecular weight excluding hydrogens is 318 g/mol. The largest absolute Gasteiger partial charge is 0.278 e. The molecule has 0 aromatic heterocycles. The molecule has 1 atom stereocenters. The molecule has 1 saturated heterocycles. The second kappa shape index (κ2) is 5.41. The number of carbonyl (C=O) groups excluding carboxylic acids is 2. The third kappa shape index (κ3) is 2.45. The molecule has 2 rings (SSSR count). The van der Waals surface area contributed by atoms with Gasteiger partial charge in [-0.05, 0) is 34.0 Å². The lowest BCUT2D eigenvalue weighted by atomic mass is 10.1. The standard InChI is InChI=1S/C13H13BrClNO2/c1-2-8-6-11(17)16(7-8)13(18)9-4-3-5-10(14)12(9)15/h3-5,8H,2,6-7H2,1H3. The number of imide groups is 1. The van der Waals surface area contributed by atoms with E-state index < -0.39 is 0 Å². The van der Waals surface area contributed by atoms with E-state index in [9.17, 15) is 9.59 Å². The van der Waals surface area contributed by atoms with E-state index in [0.717, 1.165) is 6.42 Å². The highest BCUT2D eigenvalue weighted by molar-refractivity contribution is 9.10. The van der Waals surface area contributed by atoms with E-state index in [4.69, 9.17) is 11.6 Å². The van der Waals surface area contributed by atoms with Crippen molar-refractivity contribution in [3.8, 4) is 0 Å². The van der Waals surface area contributed by atoms with Gasteiger partial charge in [0.15, 0.2) is 0 Å². The Kier molecular flexibility index (Phi) is 4.07. The zero-order chi connectivity index (χ0) is 13.3. The van der Waals surface area contributed by atoms with E-state index in [-0.39, 0.29) is 17.7 Å². The Morgan fingerprint density at radius 1 is 1.56 bits per heavy atom. The molecule has 1 fully saturated rings. The lowest BCUT2D eigenvalue weighted by Gasteiger charge is -2.15. The third-order valence-corrected chi connectivity index (χ3v) is 4.51. The summed E-state index contributed by atoms with van der Waals surface area (Å²) in [5.74, 6) is -0.141. The number of likely N-dealkylation sites (tertiary alicyclic amines) is 1. The van der Waals surface area contributed by atoms with E-state index in [2.05, 4.69) is 15.9 Å². The number of hydrogen-bond donors (Lipinski definition) is 0. The number of amides is 2. The zero-order valence-electron chi connectivity index (χ0n) is 9.95. The first kappa shape index (κ1) is 13.6. The van der Waals surface area contributed by atoms with Gasteiger partial charge in [0.05, 0.1) is 10.6 Å². The summed E-state index contributed by atoms with van der Waals surface area (Å²) >= 11 is 9.35. The maximum Gasteiger partial charge on any atom is 0.262 e.